The lowest BCUT2D eigenvalue weighted by Crippen LogP contribution is -2.50. The van der Waals surface area contributed by atoms with Crippen LogP contribution in [0.25, 0.3) is 22.3 Å². The van der Waals surface area contributed by atoms with E-state index in [2.05, 4.69) is 47.1 Å². The van der Waals surface area contributed by atoms with Crippen molar-refractivity contribution in [2.75, 3.05) is 13.7 Å². The topological polar surface area (TPSA) is 171 Å². The number of imidazole rings is 2. The number of hydrogen-bond acceptors (Lipinski definition) is 7. The van der Waals surface area contributed by atoms with E-state index in [0.717, 1.165) is 52.1 Å². The number of nitrogens with two attached hydrogens (primary N) is 1. The molecule has 3 heterocycles. The molecule has 6 N–H and O–H groups in total. The van der Waals surface area contributed by atoms with Crippen LogP contribution < -0.4 is 16.4 Å². The number of nitrogens with one attached hydrogen (secondary N) is 4. The minimum Gasteiger partial charge on any atom is -0.453 e. The summed E-state index contributed by atoms with van der Waals surface area (Å²) in [4.78, 5) is 55.4. The Morgan fingerprint density at radius 2 is 1.69 bits per heavy atom. The van der Waals surface area contributed by atoms with E-state index in [1.807, 2.05) is 82.0 Å². The summed E-state index contributed by atoms with van der Waals surface area (Å²) in [5.74, 6) is 7.40. The number of H-pyrrole nitrogens is 2. The van der Waals surface area contributed by atoms with Gasteiger partial charge in [-0.05, 0) is 67.5 Å². The zero-order chi connectivity index (χ0) is 34.5. The first-order valence-electron chi connectivity index (χ1n) is 16.3. The van der Waals surface area contributed by atoms with Gasteiger partial charge in [0, 0.05) is 17.7 Å². The Balaban J connectivity index is 1.23. The molecule has 1 fully saturated rings. The van der Waals surface area contributed by atoms with Crippen LogP contribution in [0.3, 0.4) is 0 Å². The van der Waals surface area contributed by atoms with Gasteiger partial charge < -0.3 is 36.0 Å². The molecule has 1 saturated heterocycles. The number of aromatic nitrogens is 4. The van der Waals surface area contributed by atoms with Gasteiger partial charge in [-0.15, -0.1) is 0 Å². The van der Waals surface area contributed by atoms with Crippen LogP contribution in [0.5, 0.6) is 0 Å². The van der Waals surface area contributed by atoms with Crippen molar-refractivity contribution in [1.82, 2.24) is 35.5 Å². The Hall–Kier alpha value is -5.15. The lowest BCUT2D eigenvalue weighted by molar-refractivity contribution is -0.134. The van der Waals surface area contributed by atoms with Crippen LogP contribution in [-0.2, 0) is 14.3 Å². The molecule has 2 aromatic carbocycles. The number of hydrogen-bond donors (Lipinski definition) is 5. The minimum absolute atomic E-state index is 0.0230. The van der Waals surface area contributed by atoms with Crippen molar-refractivity contribution in [3.8, 4) is 23.1 Å². The van der Waals surface area contributed by atoms with Crippen molar-refractivity contribution < 1.29 is 19.1 Å². The van der Waals surface area contributed by atoms with Crippen LogP contribution in [0, 0.1) is 23.7 Å². The average molecular weight is 653 g/mol. The van der Waals surface area contributed by atoms with E-state index in [-0.39, 0.29) is 29.7 Å². The minimum atomic E-state index is -0.744. The highest BCUT2D eigenvalue weighted by Crippen LogP contribution is 2.32. The van der Waals surface area contributed by atoms with Gasteiger partial charge in [0.2, 0.25) is 11.8 Å². The molecule has 0 unspecified atom stereocenters. The maximum Gasteiger partial charge on any atom is 0.407 e. The molecule has 5 rings (SSSR count). The molecule has 4 atom stereocenters. The van der Waals surface area contributed by atoms with Gasteiger partial charge in [0.25, 0.3) is 0 Å². The van der Waals surface area contributed by atoms with Crippen LogP contribution in [-0.4, -0.2) is 68.5 Å². The number of likely N-dealkylation sites (tertiary alicyclic amines) is 1. The molecular formula is C36H44N8O4. The molecule has 1 aliphatic heterocycles. The van der Waals surface area contributed by atoms with E-state index >= 15 is 0 Å². The zero-order valence-electron chi connectivity index (χ0n) is 28.3. The molecule has 1 aliphatic rings. The predicted octanol–water partition coefficient (Wildman–Crippen LogP) is 4.56. The fourth-order valence-corrected chi connectivity index (χ4v) is 5.73. The van der Waals surface area contributed by atoms with Gasteiger partial charge in [-0.2, -0.15) is 0 Å². The van der Waals surface area contributed by atoms with Gasteiger partial charge in [0.1, 0.15) is 17.7 Å². The molecule has 48 heavy (non-hydrogen) atoms. The number of rotatable bonds is 9. The number of carbonyl (C=O) groups excluding carboxylic acids is 3. The van der Waals surface area contributed by atoms with Crippen molar-refractivity contribution in [2.24, 2.45) is 17.6 Å². The summed E-state index contributed by atoms with van der Waals surface area (Å²) >= 11 is 0. The molecule has 12 nitrogen and oxygen atoms in total. The van der Waals surface area contributed by atoms with Crippen molar-refractivity contribution in [2.45, 2.75) is 71.6 Å². The Kier molecular flexibility index (Phi) is 10.5. The van der Waals surface area contributed by atoms with Crippen LogP contribution in [0.2, 0.25) is 0 Å². The maximum atomic E-state index is 13.0. The Labute approximate surface area is 280 Å². The third-order valence-corrected chi connectivity index (χ3v) is 8.67. The summed E-state index contributed by atoms with van der Waals surface area (Å²) in [7, 11) is 1.26. The predicted molar refractivity (Wildman–Crippen MR) is 183 cm³/mol. The van der Waals surface area contributed by atoms with Gasteiger partial charge in [-0.1, -0.05) is 51.7 Å². The number of amides is 3. The number of methoxy groups -OCH3 is 1. The Morgan fingerprint density at radius 3 is 2.38 bits per heavy atom. The summed E-state index contributed by atoms with van der Waals surface area (Å²) in [5.41, 5.74) is 11.2. The first kappa shape index (κ1) is 34.2. The third kappa shape index (κ3) is 7.69. The van der Waals surface area contributed by atoms with Gasteiger partial charge in [-0.25, -0.2) is 14.8 Å². The average Bonchev–Trinajstić information content (AvgIpc) is 3.85. The summed E-state index contributed by atoms with van der Waals surface area (Å²) in [6, 6.07) is 11.9. The smallest absolute Gasteiger partial charge is 0.407 e. The van der Waals surface area contributed by atoms with E-state index in [4.69, 9.17) is 5.73 Å². The van der Waals surface area contributed by atoms with Crippen LogP contribution in [0.1, 0.15) is 82.3 Å². The molecule has 0 bridgehead atoms. The second-order valence-electron chi connectivity index (χ2n) is 12.9. The molecule has 0 aliphatic carbocycles. The molecule has 0 radical (unpaired) electrons. The van der Waals surface area contributed by atoms with Gasteiger partial charge in [-0.3, -0.25) is 9.59 Å². The van der Waals surface area contributed by atoms with E-state index in [1.54, 1.807) is 6.20 Å². The van der Waals surface area contributed by atoms with E-state index in [9.17, 15) is 14.4 Å². The molecular weight excluding hydrogens is 608 g/mol. The van der Waals surface area contributed by atoms with Gasteiger partial charge in [0.05, 0.1) is 48.2 Å². The fourth-order valence-electron chi connectivity index (χ4n) is 5.73. The highest BCUT2D eigenvalue weighted by atomic mass is 16.5. The number of nitrogens with zero attached hydrogens (tertiary/aromatic N) is 3. The van der Waals surface area contributed by atoms with Gasteiger partial charge in [0.15, 0.2) is 0 Å². The number of alkyl carbamates (subject to hydrolysis) is 1. The zero-order valence-corrected chi connectivity index (χ0v) is 28.3. The highest BCUT2D eigenvalue weighted by Gasteiger charge is 2.35. The normalized spacial score (nSPS) is 16.4. The summed E-state index contributed by atoms with van der Waals surface area (Å²) in [6.45, 7) is 10.1. The molecule has 4 aromatic rings. The summed E-state index contributed by atoms with van der Waals surface area (Å²) < 4.78 is 4.65. The number of aromatic amines is 2. The van der Waals surface area contributed by atoms with Crippen molar-refractivity contribution in [1.29, 1.82) is 0 Å². The number of ether oxygens (including phenoxy) is 1. The fraction of sp³-hybridized carbons (Fsp3) is 0.417. The summed E-state index contributed by atoms with van der Waals surface area (Å²) in [5, 5.41) is 5.50. The first-order chi connectivity index (χ1) is 22.9. The molecule has 12 heteroatoms. The van der Waals surface area contributed by atoms with E-state index < -0.39 is 24.2 Å². The molecule has 3 amide bonds. The maximum absolute atomic E-state index is 13.0. The lowest BCUT2D eigenvalue weighted by Gasteiger charge is -2.27. The molecule has 0 spiro atoms. The monoisotopic (exact) mass is 652 g/mol. The third-order valence-electron chi connectivity index (χ3n) is 8.67. The SMILES string of the molecule is COC(=O)N[C@H](C(=O)N[C@@H](C)c1nc2ccc(C#Cc3ccc(-c4cnc([C@@H]5CCCN5C(=O)[C@@H](N)C(C)C)[nH]4)cc3)cc2[nH]1)C(C)C. The lowest BCUT2D eigenvalue weighted by atomic mass is 10.0. The highest BCUT2D eigenvalue weighted by molar-refractivity contribution is 5.86. The van der Waals surface area contributed by atoms with Gasteiger partial charge >= 0.3 is 6.09 Å². The molecule has 2 aromatic heterocycles. The molecule has 252 valence electrons. The van der Waals surface area contributed by atoms with Crippen molar-refractivity contribution >= 4 is 28.9 Å². The summed E-state index contributed by atoms with van der Waals surface area (Å²) in [6.07, 6.45) is 2.92. The number of benzene rings is 2. The molecule has 0 saturated carbocycles. The Bertz CT molecular complexity index is 1830. The van der Waals surface area contributed by atoms with Crippen molar-refractivity contribution in [3.63, 3.8) is 0 Å². The van der Waals surface area contributed by atoms with E-state index in [1.165, 1.54) is 7.11 Å². The standard InChI is InChI=1S/C36H44N8O4/c1-20(2)30(37)35(46)44-17-7-8-29(44)33-38-19-28(42-33)25-14-11-23(12-15-25)9-10-24-13-16-26-27(18-24)41-32(40-26)22(5)39-34(45)31(21(3)4)43-36(47)48-6/h11-16,18-22,29-31H,7-8,17,37H2,1-6H3,(H,38,42)(H,39,45)(H,40,41)(H,43,47)/t22-,29-,30-,31-/m0/s1. The van der Waals surface area contributed by atoms with Crippen LogP contribution >= 0.6 is 0 Å². The van der Waals surface area contributed by atoms with Crippen molar-refractivity contribution in [3.05, 3.63) is 71.4 Å². The second-order valence-corrected chi connectivity index (χ2v) is 12.9. The van der Waals surface area contributed by atoms with E-state index in [0.29, 0.717) is 12.4 Å². The first-order valence-corrected chi connectivity index (χ1v) is 16.3. The second kappa shape index (κ2) is 14.7. The van der Waals surface area contributed by atoms with Crippen LogP contribution in [0.15, 0.2) is 48.7 Å². The number of carbonyl (C=O) groups is 3. The largest absolute Gasteiger partial charge is 0.453 e. The van der Waals surface area contributed by atoms with Crippen LogP contribution in [0.4, 0.5) is 4.79 Å². The Morgan fingerprint density at radius 1 is 0.979 bits per heavy atom. The quantitative estimate of drug-likeness (QED) is 0.165. The number of fused-ring (bicyclic) bond motifs is 1.